The molecule has 0 spiro atoms. The molecule has 1 aromatic carbocycles. The summed E-state index contributed by atoms with van der Waals surface area (Å²) in [6.45, 7) is 2.08. The molecular formula is C11H13Cl2F. The Morgan fingerprint density at radius 3 is 2.71 bits per heavy atom. The quantitative estimate of drug-likeness (QED) is 0.683. The largest absolute Gasteiger partial charge is 0.205 e. The summed E-state index contributed by atoms with van der Waals surface area (Å²) in [4.78, 5) is 0. The summed E-state index contributed by atoms with van der Waals surface area (Å²) in [6.07, 6.45) is 1.83. The summed E-state index contributed by atoms with van der Waals surface area (Å²) >= 11 is 11.3. The molecule has 0 saturated heterocycles. The molecule has 3 heteroatoms. The molecule has 0 aromatic heterocycles. The SMILES string of the molecule is CC(CCl)CCc1ccc(Cl)c(F)c1. The van der Waals surface area contributed by atoms with E-state index in [-0.39, 0.29) is 10.8 Å². The second kappa shape index (κ2) is 5.57. The molecule has 1 atom stereocenters. The maximum absolute atomic E-state index is 13.0. The predicted octanol–water partition coefficient (Wildman–Crippen LogP) is 4.29. The van der Waals surface area contributed by atoms with Gasteiger partial charge in [0.2, 0.25) is 0 Å². The molecule has 0 aliphatic rings. The van der Waals surface area contributed by atoms with E-state index in [1.807, 2.05) is 6.07 Å². The van der Waals surface area contributed by atoms with Crippen molar-refractivity contribution in [2.45, 2.75) is 19.8 Å². The molecule has 14 heavy (non-hydrogen) atoms. The van der Waals surface area contributed by atoms with E-state index in [0.717, 1.165) is 18.4 Å². The minimum atomic E-state index is -0.345. The van der Waals surface area contributed by atoms with Crippen molar-refractivity contribution >= 4 is 23.2 Å². The second-order valence-corrected chi connectivity index (χ2v) is 4.26. The summed E-state index contributed by atoms with van der Waals surface area (Å²) in [7, 11) is 0. The van der Waals surface area contributed by atoms with Gasteiger partial charge in [0.05, 0.1) is 5.02 Å². The maximum Gasteiger partial charge on any atom is 0.142 e. The second-order valence-electron chi connectivity index (χ2n) is 3.55. The molecule has 0 fully saturated rings. The van der Waals surface area contributed by atoms with E-state index in [4.69, 9.17) is 23.2 Å². The van der Waals surface area contributed by atoms with Crippen LogP contribution in [0.15, 0.2) is 18.2 Å². The minimum Gasteiger partial charge on any atom is -0.205 e. The lowest BCUT2D eigenvalue weighted by Gasteiger charge is -2.07. The molecule has 0 nitrogen and oxygen atoms in total. The molecule has 0 amide bonds. The van der Waals surface area contributed by atoms with Gasteiger partial charge in [0.1, 0.15) is 5.82 Å². The normalized spacial score (nSPS) is 12.9. The van der Waals surface area contributed by atoms with Crippen LogP contribution in [-0.4, -0.2) is 5.88 Å². The fourth-order valence-corrected chi connectivity index (χ4v) is 1.46. The lowest BCUT2D eigenvalue weighted by Crippen LogP contribution is -1.98. The van der Waals surface area contributed by atoms with Gasteiger partial charge in [-0.15, -0.1) is 11.6 Å². The van der Waals surface area contributed by atoms with Crippen molar-refractivity contribution in [1.29, 1.82) is 0 Å². The van der Waals surface area contributed by atoms with Crippen LogP contribution in [0.4, 0.5) is 4.39 Å². The highest BCUT2D eigenvalue weighted by Crippen LogP contribution is 2.18. The molecule has 78 valence electrons. The van der Waals surface area contributed by atoms with E-state index >= 15 is 0 Å². The highest BCUT2D eigenvalue weighted by atomic mass is 35.5. The van der Waals surface area contributed by atoms with Crippen molar-refractivity contribution in [2.24, 2.45) is 5.92 Å². The summed E-state index contributed by atoms with van der Waals surface area (Å²) in [5, 5.41) is 0.180. The first kappa shape index (κ1) is 11.8. The number of hydrogen-bond acceptors (Lipinski definition) is 0. The van der Waals surface area contributed by atoms with Crippen molar-refractivity contribution in [3.63, 3.8) is 0 Å². The van der Waals surface area contributed by atoms with Crippen LogP contribution >= 0.6 is 23.2 Å². The average molecular weight is 235 g/mol. The van der Waals surface area contributed by atoms with E-state index in [9.17, 15) is 4.39 Å². The molecule has 1 rings (SSSR count). The van der Waals surface area contributed by atoms with Crippen LogP contribution in [0.5, 0.6) is 0 Å². The van der Waals surface area contributed by atoms with Crippen LogP contribution in [-0.2, 0) is 6.42 Å². The first-order chi connectivity index (χ1) is 6.63. The Labute approximate surface area is 94.0 Å². The Balaban J connectivity index is 2.55. The summed E-state index contributed by atoms with van der Waals surface area (Å²) in [5.74, 6) is 0.772. The highest BCUT2D eigenvalue weighted by Gasteiger charge is 2.03. The van der Waals surface area contributed by atoms with Crippen LogP contribution in [0.2, 0.25) is 5.02 Å². The van der Waals surface area contributed by atoms with Gasteiger partial charge in [-0.3, -0.25) is 0 Å². The van der Waals surface area contributed by atoms with Crippen LogP contribution in [0.25, 0.3) is 0 Å². The first-order valence-corrected chi connectivity index (χ1v) is 5.54. The third-order valence-corrected chi connectivity index (χ3v) is 3.01. The standard InChI is InChI=1S/C11H13Cl2F/c1-8(7-12)2-3-9-4-5-10(13)11(14)6-9/h4-6,8H,2-3,7H2,1H3. The fourth-order valence-electron chi connectivity index (χ4n) is 1.19. The Morgan fingerprint density at radius 1 is 1.43 bits per heavy atom. The molecule has 0 aliphatic carbocycles. The Bertz CT molecular complexity index is 299. The highest BCUT2D eigenvalue weighted by molar-refractivity contribution is 6.30. The smallest absolute Gasteiger partial charge is 0.142 e. The van der Waals surface area contributed by atoms with Crippen LogP contribution < -0.4 is 0 Å². The summed E-state index contributed by atoms with van der Waals surface area (Å²) in [5.41, 5.74) is 0.976. The predicted molar refractivity (Wildman–Crippen MR) is 59.6 cm³/mol. The van der Waals surface area contributed by atoms with Gasteiger partial charge in [0.15, 0.2) is 0 Å². The minimum absolute atomic E-state index is 0.180. The summed E-state index contributed by atoms with van der Waals surface area (Å²) < 4.78 is 13.0. The fraction of sp³-hybridized carbons (Fsp3) is 0.455. The van der Waals surface area contributed by atoms with Crippen molar-refractivity contribution in [3.05, 3.63) is 34.6 Å². The van der Waals surface area contributed by atoms with E-state index in [0.29, 0.717) is 11.8 Å². The van der Waals surface area contributed by atoms with Gasteiger partial charge in [0.25, 0.3) is 0 Å². The van der Waals surface area contributed by atoms with Gasteiger partial charge >= 0.3 is 0 Å². The molecule has 1 aromatic rings. The molecule has 0 aliphatic heterocycles. The Hall–Kier alpha value is -0.270. The van der Waals surface area contributed by atoms with E-state index in [2.05, 4.69) is 6.92 Å². The topological polar surface area (TPSA) is 0 Å². The van der Waals surface area contributed by atoms with Crippen LogP contribution in [0, 0.1) is 11.7 Å². The molecular weight excluding hydrogens is 222 g/mol. The maximum atomic E-state index is 13.0. The Morgan fingerprint density at radius 2 is 2.14 bits per heavy atom. The van der Waals surface area contributed by atoms with Crippen molar-refractivity contribution in [3.8, 4) is 0 Å². The van der Waals surface area contributed by atoms with E-state index in [1.165, 1.54) is 6.07 Å². The average Bonchev–Trinajstić information content (AvgIpc) is 2.19. The number of aryl methyl sites for hydroxylation is 1. The third-order valence-electron chi connectivity index (χ3n) is 2.17. The lowest BCUT2D eigenvalue weighted by atomic mass is 10.0. The van der Waals surface area contributed by atoms with E-state index < -0.39 is 0 Å². The molecule has 0 radical (unpaired) electrons. The third kappa shape index (κ3) is 3.47. The molecule has 0 N–H and O–H groups in total. The number of halogens is 3. The molecule has 0 bridgehead atoms. The van der Waals surface area contributed by atoms with Crippen LogP contribution in [0.1, 0.15) is 18.9 Å². The number of hydrogen-bond donors (Lipinski definition) is 0. The zero-order valence-electron chi connectivity index (χ0n) is 8.06. The van der Waals surface area contributed by atoms with Gasteiger partial charge in [-0.05, 0) is 36.5 Å². The Kier molecular flexibility index (Phi) is 4.70. The number of benzene rings is 1. The molecule has 0 heterocycles. The van der Waals surface area contributed by atoms with Gasteiger partial charge in [-0.2, -0.15) is 0 Å². The molecule has 0 saturated carbocycles. The van der Waals surface area contributed by atoms with Crippen molar-refractivity contribution < 1.29 is 4.39 Å². The van der Waals surface area contributed by atoms with Gasteiger partial charge in [-0.1, -0.05) is 24.6 Å². The molecule has 1 unspecified atom stereocenters. The van der Waals surface area contributed by atoms with Crippen molar-refractivity contribution in [2.75, 3.05) is 5.88 Å². The lowest BCUT2D eigenvalue weighted by molar-refractivity contribution is 0.587. The van der Waals surface area contributed by atoms with Gasteiger partial charge in [0, 0.05) is 5.88 Å². The summed E-state index contributed by atoms with van der Waals surface area (Å²) in [6, 6.07) is 4.94. The zero-order chi connectivity index (χ0) is 10.6. The zero-order valence-corrected chi connectivity index (χ0v) is 9.58. The number of rotatable bonds is 4. The van der Waals surface area contributed by atoms with Gasteiger partial charge < -0.3 is 0 Å². The van der Waals surface area contributed by atoms with E-state index in [1.54, 1.807) is 6.07 Å². The first-order valence-electron chi connectivity index (χ1n) is 4.63. The van der Waals surface area contributed by atoms with Crippen molar-refractivity contribution in [1.82, 2.24) is 0 Å². The van der Waals surface area contributed by atoms with Gasteiger partial charge in [-0.25, -0.2) is 4.39 Å². The number of alkyl halides is 1. The van der Waals surface area contributed by atoms with Crippen LogP contribution in [0.3, 0.4) is 0 Å². The monoisotopic (exact) mass is 234 g/mol.